The average Bonchev–Trinajstić information content (AvgIpc) is 2.46. The Morgan fingerprint density at radius 1 is 1.11 bits per heavy atom. The molecule has 0 saturated heterocycles. The minimum absolute atomic E-state index is 0.0701. The number of para-hydroxylation sites is 1. The van der Waals surface area contributed by atoms with Gasteiger partial charge in [-0.05, 0) is 11.6 Å². The maximum atomic E-state index is 11.2. The summed E-state index contributed by atoms with van der Waals surface area (Å²) >= 11 is 0. The van der Waals surface area contributed by atoms with Crippen LogP contribution >= 0.6 is 0 Å². The highest BCUT2D eigenvalue weighted by Gasteiger charge is 2.17. The van der Waals surface area contributed by atoms with Gasteiger partial charge < -0.3 is 9.84 Å². The van der Waals surface area contributed by atoms with E-state index in [1.54, 1.807) is 36.4 Å². The second-order valence-electron chi connectivity index (χ2n) is 3.90. The molecular formula is C15H12O4. The summed E-state index contributed by atoms with van der Waals surface area (Å²) < 4.78 is 5.19. The molecule has 2 rings (SSSR count). The largest absolute Gasteiger partial charge is 0.495 e. The van der Waals surface area contributed by atoms with Crippen LogP contribution in [0.1, 0.15) is 20.7 Å². The van der Waals surface area contributed by atoms with E-state index >= 15 is 0 Å². The van der Waals surface area contributed by atoms with E-state index < -0.39 is 5.97 Å². The zero-order valence-electron chi connectivity index (χ0n) is 10.3. The molecule has 0 radical (unpaired) electrons. The van der Waals surface area contributed by atoms with E-state index in [2.05, 4.69) is 0 Å². The van der Waals surface area contributed by atoms with Crippen LogP contribution in [0.5, 0.6) is 5.75 Å². The molecule has 96 valence electrons. The third kappa shape index (κ3) is 2.33. The minimum atomic E-state index is -1.07. The molecule has 2 aromatic carbocycles. The van der Waals surface area contributed by atoms with E-state index in [-0.39, 0.29) is 11.3 Å². The van der Waals surface area contributed by atoms with E-state index in [1.165, 1.54) is 13.2 Å². The summed E-state index contributed by atoms with van der Waals surface area (Å²) in [4.78, 5) is 22.2. The van der Waals surface area contributed by atoms with E-state index in [9.17, 15) is 9.59 Å². The predicted molar refractivity (Wildman–Crippen MR) is 70.8 cm³/mol. The number of rotatable bonds is 4. The van der Waals surface area contributed by atoms with Crippen molar-refractivity contribution in [1.29, 1.82) is 0 Å². The number of aromatic carboxylic acids is 1. The van der Waals surface area contributed by atoms with Gasteiger partial charge in [0.1, 0.15) is 11.3 Å². The predicted octanol–water partition coefficient (Wildman–Crippen LogP) is 2.87. The lowest BCUT2D eigenvalue weighted by molar-refractivity contribution is 0.0693. The van der Waals surface area contributed by atoms with Gasteiger partial charge in [0.25, 0.3) is 0 Å². The summed E-state index contributed by atoms with van der Waals surface area (Å²) in [5.41, 5.74) is 1.80. The lowest BCUT2D eigenvalue weighted by atomic mass is 9.97. The molecule has 19 heavy (non-hydrogen) atoms. The van der Waals surface area contributed by atoms with E-state index in [0.717, 1.165) is 6.29 Å². The number of carboxylic acid groups (broad SMARTS) is 1. The summed E-state index contributed by atoms with van der Waals surface area (Å²) in [7, 11) is 1.41. The Labute approximate surface area is 110 Å². The quantitative estimate of drug-likeness (QED) is 0.854. The van der Waals surface area contributed by atoms with Gasteiger partial charge in [-0.3, -0.25) is 4.79 Å². The van der Waals surface area contributed by atoms with Crippen LogP contribution < -0.4 is 4.74 Å². The molecule has 0 unspecified atom stereocenters. The molecule has 0 aliphatic rings. The Hall–Kier alpha value is -2.62. The molecule has 0 amide bonds. The van der Waals surface area contributed by atoms with Crippen molar-refractivity contribution in [2.45, 2.75) is 0 Å². The molecule has 0 bridgehead atoms. The molecule has 0 aliphatic heterocycles. The number of methoxy groups -OCH3 is 1. The van der Waals surface area contributed by atoms with Gasteiger partial charge in [-0.2, -0.15) is 0 Å². The molecule has 1 N–H and O–H groups in total. The second kappa shape index (κ2) is 5.35. The van der Waals surface area contributed by atoms with Gasteiger partial charge in [-0.1, -0.05) is 36.4 Å². The molecule has 0 heterocycles. The SMILES string of the molecule is COc1c(C(=O)O)cccc1-c1ccccc1C=O. The Morgan fingerprint density at radius 2 is 1.79 bits per heavy atom. The highest BCUT2D eigenvalue weighted by molar-refractivity contribution is 5.96. The first-order valence-corrected chi connectivity index (χ1v) is 5.64. The van der Waals surface area contributed by atoms with Gasteiger partial charge in [0, 0.05) is 11.1 Å². The van der Waals surface area contributed by atoms with Crippen LogP contribution in [0.15, 0.2) is 42.5 Å². The van der Waals surface area contributed by atoms with E-state index in [4.69, 9.17) is 9.84 Å². The highest BCUT2D eigenvalue weighted by Crippen LogP contribution is 2.34. The number of carbonyl (C=O) groups excluding carboxylic acids is 1. The summed E-state index contributed by atoms with van der Waals surface area (Å²) in [6, 6.07) is 11.8. The summed E-state index contributed by atoms with van der Waals surface area (Å²) in [5, 5.41) is 9.15. The zero-order valence-corrected chi connectivity index (χ0v) is 10.3. The molecule has 4 heteroatoms. The summed E-state index contributed by atoms with van der Waals surface area (Å²) in [6.45, 7) is 0. The third-order valence-electron chi connectivity index (χ3n) is 2.83. The van der Waals surface area contributed by atoms with Crippen molar-refractivity contribution in [2.24, 2.45) is 0 Å². The van der Waals surface area contributed by atoms with E-state index in [1.807, 2.05) is 0 Å². The van der Waals surface area contributed by atoms with Crippen molar-refractivity contribution in [3.63, 3.8) is 0 Å². The second-order valence-corrected chi connectivity index (χ2v) is 3.90. The van der Waals surface area contributed by atoms with E-state index in [0.29, 0.717) is 16.7 Å². The van der Waals surface area contributed by atoms with Crippen LogP contribution in [-0.4, -0.2) is 24.5 Å². The highest BCUT2D eigenvalue weighted by atomic mass is 16.5. The fourth-order valence-electron chi connectivity index (χ4n) is 1.98. The molecule has 0 aromatic heterocycles. The van der Waals surface area contributed by atoms with Crippen molar-refractivity contribution in [3.05, 3.63) is 53.6 Å². The number of hydrogen-bond acceptors (Lipinski definition) is 3. The Kier molecular flexibility index (Phi) is 3.61. The Bertz CT molecular complexity index is 632. The fourth-order valence-corrected chi connectivity index (χ4v) is 1.98. The van der Waals surface area contributed by atoms with Gasteiger partial charge in [-0.25, -0.2) is 4.79 Å². The topological polar surface area (TPSA) is 63.6 Å². The van der Waals surface area contributed by atoms with Crippen LogP contribution in [0.3, 0.4) is 0 Å². The average molecular weight is 256 g/mol. The maximum absolute atomic E-state index is 11.2. The lowest BCUT2D eigenvalue weighted by Gasteiger charge is -2.12. The number of carboxylic acids is 1. The molecule has 0 spiro atoms. The number of benzene rings is 2. The van der Waals surface area contributed by atoms with Crippen LogP contribution in [0.2, 0.25) is 0 Å². The smallest absolute Gasteiger partial charge is 0.339 e. The maximum Gasteiger partial charge on any atom is 0.339 e. The van der Waals surface area contributed by atoms with Crippen molar-refractivity contribution < 1.29 is 19.4 Å². The minimum Gasteiger partial charge on any atom is -0.495 e. The normalized spacial score (nSPS) is 9.95. The van der Waals surface area contributed by atoms with Gasteiger partial charge in [0.15, 0.2) is 6.29 Å². The molecule has 4 nitrogen and oxygen atoms in total. The fraction of sp³-hybridized carbons (Fsp3) is 0.0667. The van der Waals surface area contributed by atoms with Crippen LogP contribution in [0, 0.1) is 0 Å². The van der Waals surface area contributed by atoms with Crippen LogP contribution in [0.4, 0.5) is 0 Å². The lowest BCUT2D eigenvalue weighted by Crippen LogP contribution is -2.02. The first kappa shape index (κ1) is 12.8. The molecular weight excluding hydrogens is 244 g/mol. The van der Waals surface area contributed by atoms with Crippen molar-refractivity contribution in [3.8, 4) is 16.9 Å². The van der Waals surface area contributed by atoms with Crippen molar-refractivity contribution in [2.75, 3.05) is 7.11 Å². The van der Waals surface area contributed by atoms with Gasteiger partial charge in [-0.15, -0.1) is 0 Å². The van der Waals surface area contributed by atoms with Gasteiger partial charge in [0.05, 0.1) is 7.11 Å². The van der Waals surface area contributed by atoms with Crippen LogP contribution in [-0.2, 0) is 0 Å². The molecule has 0 fully saturated rings. The first-order valence-electron chi connectivity index (χ1n) is 5.64. The zero-order chi connectivity index (χ0) is 13.8. The number of carbonyl (C=O) groups is 2. The summed E-state index contributed by atoms with van der Waals surface area (Å²) in [5.74, 6) is -0.813. The number of ether oxygens (including phenoxy) is 1. The Balaban J connectivity index is 2.72. The monoisotopic (exact) mass is 256 g/mol. The van der Waals surface area contributed by atoms with Crippen molar-refractivity contribution >= 4 is 12.3 Å². The first-order chi connectivity index (χ1) is 9.19. The van der Waals surface area contributed by atoms with Gasteiger partial charge >= 0.3 is 5.97 Å². The molecule has 2 aromatic rings. The summed E-state index contributed by atoms with van der Waals surface area (Å²) in [6.07, 6.45) is 0.738. The van der Waals surface area contributed by atoms with Crippen molar-refractivity contribution in [1.82, 2.24) is 0 Å². The third-order valence-corrected chi connectivity index (χ3v) is 2.83. The molecule has 0 saturated carbocycles. The van der Waals surface area contributed by atoms with Crippen LogP contribution in [0.25, 0.3) is 11.1 Å². The molecule has 0 atom stereocenters. The number of aldehydes is 1. The van der Waals surface area contributed by atoms with Gasteiger partial charge in [0.2, 0.25) is 0 Å². The standard InChI is InChI=1S/C15H12O4/c1-19-14-12(7-4-8-13(14)15(17)18)11-6-3-2-5-10(11)9-16/h2-9H,1H3,(H,17,18). The molecule has 0 aliphatic carbocycles. The Morgan fingerprint density at radius 3 is 2.42 bits per heavy atom. The number of hydrogen-bond donors (Lipinski definition) is 1.